The third kappa shape index (κ3) is 4.48. The van der Waals surface area contributed by atoms with Crippen molar-refractivity contribution in [3.05, 3.63) is 60.0 Å². The molecule has 1 aliphatic rings. The fraction of sp³-hybridized carbons (Fsp3) is 0.273. The van der Waals surface area contributed by atoms with Gasteiger partial charge in [0.25, 0.3) is 0 Å². The second kappa shape index (κ2) is 8.10. The molecule has 0 aliphatic heterocycles. The van der Waals surface area contributed by atoms with Crippen molar-refractivity contribution in [3.8, 4) is 11.1 Å². The van der Waals surface area contributed by atoms with E-state index in [9.17, 15) is 23.1 Å². The molecular weight excluding hydrogens is 423 g/mol. The Balaban J connectivity index is 1.55. The molecule has 0 spiro atoms. The topological polar surface area (TPSA) is 100 Å². The molecular formula is C22H20F3N5O2. The van der Waals surface area contributed by atoms with E-state index in [4.69, 9.17) is 0 Å². The molecule has 0 bridgehead atoms. The summed E-state index contributed by atoms with van der Waals surface area (Å²) < 4.78 is 38.7. The lowest BCUT2D eigenvalue weighted by Crippen LogP contribution is -2.52. The minimum Gasteiger partial charge on any atom is -0.480 e. The third-order valence-corrected chi connectivity index (χ3v) is 5.36. The van der Waals surface area contributed by atoms with E-state index in [0.29, 0.717) is 24.3 Å². The van der Waals surface area contributed by atoms with Gasteiger partial charge in [0.15, 0.2) is 0 Å². The number of alkyl halides is 3. The molecule has 3 aromatic rings. The van der Waals surface area contributed by atoms with Gasteiger partial charge in [-0.15, -0.1) is 0 Å². The zero-order valence-corrected chi connectivity index (χ0v) is 17.1. The normalized spacial score (nSPS) is 15.0. The number of hydrogen-bond donors (Lipinski definition) is 3. The number of halogens is 3. The molecule has 32 heavy (non-hydrogen) atoms. The monoisotopic (exact) mass is 443 g/mol. The third-order valence-electron chi connectivity index (χ3n) is 5.36. The van der Waals surface area contributed by atoms with Crippen LogP contribution in [0, 0.1) is 6.92 Å². The molecule has 2 heterocycles. The first kappa shape index (κ1) is 21.5. The van der Waals surface area contributed by atoms with Gasteiger partial charge in [0.05, 0.1) is 0 Å². The summed E-state index contributed by atoms with van der Waals surface area (Å²) >= 11 is 0. The zero-order chi connectivity index (χ0) is 22.9. The number of anilines is 3. The predicted molar refractivity (Wildman–Crippen MR) is 113 cm³/mol. The minimum atomic E-state index is -4.56. The number of carboxylic acid groups (broad SMARTS) is 1. The molecule has 1 aliphatic carbocycles. The van der Waals surface area contributed by atoms with Crippen LogP contribution in [-0.2, 0) is 11.0 Å². The summed E-state index contributed by atoms with van der Waals surface area (Å²) in [4.78, 5) is 23.3. The first-order valence-electron chi connectivity index (χ1n) is 9.92. The highest BCUT2D eigenvalue weighted by Gasteiger charge is 2.44. The molecule has 7 nitrogen and oxygen atoms in total. The number of pyridine rings is 1. The Morgan fingerprint density at radius 1 is 1.09 bits per heavy atom. The second-order valence-corrected chi connectivity index (χ2v) is 7.77. The van der Waals surface area contributed by atoms with Crippen LogP contribution in [0.3, 0.4) is 0 Å². The molecule has 0 amide bonds. The summed E-state index contributed by atoms with van der Waals surface area (Å²) in [5.74, 6) is -0.575. The van der Waals surface area contributed by atoms with Gasteiger partial charge < -0.3 is 15.7 Å². The lowest BCUT2D eigenvalue weighted by molar-refractivity contribution is -0.145. The lowest BCUT2D eigenvalue weighted by Gasteiger charge is -2.38. The SMILES string of the molecule is Cc1cc(Nc2nccc(C(F)(F)F)n2)cc(-c2ccc(NC3(C(=O)O)CCC3)nc2)c1. The molecule has 1 aromatic carbocycles. The lowest BCUT2D eigenvalue weighted by atomic mass is 9.77. The van der Waals surface area contributed by atoms with E-state index in [1.165, 1.54) is 0 Å². The van der Waals surface area contributed by atoms with Crippen LogP contribution >= 0.6 is 0 Å². The Morgan fingerprint density at radius 2 is 1.88 bits per heavy atom. The molecule has 1 saturated carbocycles. The maximum absolute atomic E-state index is 12.9. The van der Waals surface area contributed by atoms with Crippen LogP contribution in [0.25, 0.3) is 11.1 Å². The van der Waals surface area contributed by atoms with Crippen LogP contribution < -0.4 is 10.6 Å². The molecule has 0 atom stereocenters. The predicted octanol–water partition coefficient (Wildman–Crippen LogP) is 5.03. The van der Waals surface area contributed by atoms with Crippen molar-refractivity contribution in [1.29, 1.82) is 0 Å². The number of carboxylic acids is 1. The van der Waals surface area contributed by atoms with Crippen molar-refractivity contribution >= 4 is 23.4 Å². The summed E-state index contributed by atoms with van der Waals surface area (Å²) in [7, 11) is 0. The number of aryl methyl sites for hydroxylation is 1. The van der Waals surface area contributed by atoms with Crippen molar-refractivity contribution < 1.29 is 23.1 Å². The standard InChI is InChI=1S/C22H20F3N5O2/c1-13-9-15(11-16(10-13)28-20-26-8-5-17(29-20)22(23,24)25)14-3-4-18(27-12-14)30-21(19(31)32)6-2-7-21/h3-5,8-12H,2,6-7H2,1H3,(H,27,30)(H,31,32)(H,26,28,29). The zero-order valence-electron chi connectivity index (χ0n) is 17.1. The summed E-state index contributed by atoms with van der Waals surface area (Å²) in [6.07, 6.45) is 0.0717. The highest BCUT2D eigenvalue weighted by molar-refractivity contribution is 5.83. The summed E-state index contributed by atoms with van der Waals surface area (Å²) in [6, 6.07) is 9.76. The fourth-order valence-corrected chi connectivity index (χ4v) is 3.53. The first-order chi connectivity index (χ1) is 15.1. The molecule has 166 valence electrons. The molecule has 3 N–H and O–H groups in total. The first-order valence-corrected chi connectivity index (χ1v) is 9.92. The van der Waals surface area contributed by atoms with Crippen molar-refractivity contribution in [1.82, 2.24) is 15.0 Å². The Kier molecular flexibility index (Phi) is 5.45. The quantitative estimate of drug-likeness (QED) is 0.491. The van der Waals surface area contributed by atoms with Gasteiger partial charge in [0.1, 0.15) is 17.1 Å². The Labute approximate surface area is 181 Å². The molecule has 2 aromatic heterocycles. The largest absolute Gasteiger partial charge is 0.480 e. The van der Waals surface area contributed by atoms with Gasteiger partial charge in [-0.1, -0.05) is 6.07 Å². The van der Waals surface area contributed by atoms with E-state index >= 15 is 0 Å². The van der Waals surface area contributed by atoms with E-state index in [0.717, 1.165) is 35.4 Å². The number of aliphatic carboxylic acids is 1. The smallest absolute Gasteiger partial charge is 0.433 e. The molecule has 0 unspecified atom stereocenters. The molecule has 4 rings (SSSR count). The van der Waals surface area contributed by atoms with E-state index in [1.54, 1.807) is 24.4 Å². The van der Waals surface area contributed by atoms with Crippen molar-refractivity contribution in [2.45, 2.75) is 37.9 Å². The van der Waals surface area contributed by atoms with Crippen LogP contribution in [0.5, 0.6) is 0 Å². The number of aromatic nitrogens is 3. The average Bonchev–Trinajstić information content (AvgIpc) is 2.70. The summed E-state index contributed by atoms with van der Waals surface area (Å²) in [5.41, 5.74) is 0.973. The summed E-state index contributed by atoms with van der Waals surface area (Å²) in [5, 5.41) is 15.3. The molecule has 0 radical (unpaired) electrons. The van der Waals surface area contributed by atoms with Gasteiger partial charge in [-0.2, -0.15) is 13.2 Å². The van der Waals surface area contributed by atoms with Gasteiger partial charge in [-0.25, -0.2) is 19.7 Å². The maximum Gasteiger partial charge on any atom is 0.433 e. The van der Waals surface area contributed by atoms with Gasteiger partial charge in [0, 0.05) is 23.6 Å². The second-order valence-electron chi connectivity index (χ2n) is 7.77. The Bertz CT molecular complexity index is 1150. The van der Waals surface area contributed by atoms with Crippen LogP contribution in [-0.4, -0.2) is 31.6 Å². The van der Waals surface area contributed by atoms with E-state index in [1.807, 2.05) is 19.1 Å². The molecule has 1 fully saturated rings. The number of nitrogens with one attached hydrogen (secondary N) is 2. The minimum absolute atomic E-state index is 0.159. The van der Waals surface area contributed by atoms with E-state index in [2.05, 4.69) is 25.6 Å². The maximum atomic E-state index is 12.9. The van der Waals surface area contributed by atoms with Crippen molar-refractivity contribution in [3.63, 3.8) is 0 Å². The van der Waals surface area contributed by atoms with Gasteiger partial charge in [-0.3, -0.25) is 0 Å². The molecule has 0 saturated heterocycles. The van der Waals surface area contributed by atoms with Crippen LogP contribution in [0.15, 0.2) is 48.8 Å². The number of hydrogen-bond acceptors (Lipinski definition) is 6. The fourth-order valence-electron chi connectivity index (χ4n) is 3.53. The van der Waals surface area contributed by atoms with Crippen LogP contribution in [0.1, 0.15) is 30.5 Å². The van der Waals surface area contributed by atoms with E-state index < -0.39 is 23.4 Å². The van der Waals surface area contributed by atoms with Crippen molar-refractivity contribution in [2.75, 3.05) is 10.6 Å². The summed E-state index contributed by atoms with van der Waals surface area (Å²) in [6.45, 7) is 1.86. The number of carbonyl (C=O) groups is 1. The van der Waals surface area contributed by atoms with Crippen LogP contribution in [0.2, 0.25) is 0 Å². The van der Waals surface area contributed by atoms with Crippen LogP contribution in [0.4, 0.5) is 30.6 Å². The number of benzene rings is 1. The van der Waals surface area contributed by atoms with Gasteiger partial charge >= 0.3 is 12.1 Å². The van der Waals surface area contributed by atoms with E-state index in [-0.39, 0.29) is 5.95 Å². The highest BCUT2D eigenvalue weighted by Crippen LogP contribution is 2.35. The van der Waals surface area contributed by atoms with Gasteiger partial charge in [0.2, 0.25) is 5.95 Å². The molecule has 10 heteroatoms. The van der Waals surface area contributed by atoms with Crippen molar-refractivity contribution in [2.24, 2.45) is 0 Å². The number of nitrogens with zero attached hydrogens (tertiary/aromatic N) is 3. The highest BCUT2D eigenvalue weighted by atomic mass is 19.4. The number of rotatable bonds is 6. The average molecular weight is 443 g/mol. The Hall–Kier alpha value is -3.69. The Morgan fingerprint density at radius 3 is 2.47 bits per heavy atom. The van der Waals surface area contributed by atoms with Gasteiger partial charge in [-0.05, 0) is 67.6 Å².